The Labute approximate surface area is 149 Å². The first-order valence-electron chi connectivity index (χ1n) is 9.63. The Kier molecular flexibility index (Phi) is 3.51. The second-order valence-electron chi connectivity index (χ2n) is 9.36. The summed E-state index contributed by atoms with van der Waals surface area (Å²) in [6, 6.07) is 0. The van der Waals surface area contributed by atoms with Gasteiger partial charge in [-0.25, -0.2) is 0 Å². The molecule has 4 aliphatic carbocycles. The molecule has 0 bridgehead atoms. The Balaban J connectivity index is 1.77. The van der Waals surface area contributed by atoms with E-state index < -0.39 is 11.0 Å². The van der Waals surface area contributed by atoms with Crippen LogP contribution in [-0.4, -0.2) is 28.1 Å². The van der Waals surface area contributed by atoms with E-state index in [0.717, 1.165) is 31.3 Å². The van der Waals surface area contributed by atoms with Gasteiger partial charge in [0, 0.05) is 24.2 Å². The predicted octanol–water partition coefficient (Wildman–Crippen LogP) is 3.02. The minimum Gasteiger partial charge on any atom is -0.381 e. The zero-order valence-electron chi connectivity index (χ0n) is 15.4. The van der Waals surface area contributed by atoms with Gasteiger partial charge in [0.2, 0.25) is 0 Å². The molecule has 0 spiro atoms. The van der Waals surface area contributed by atoms with E-state index >= 15 is 0 Å². The van der Waals surface area contributed by atoms with Crippen LogP contribution in [0.4, 0.5) is 0 Å². The number of carbonyl (C=O) groups excluding carboxylic acids is 3. The van der Waals surface area contributed by atoms with Crippen molar-refractivity contribution in [2.45, 2.75) is 71.3 Å². The number of allylic oxidation sites excluding steroid dienone is 1. The molecule has 0 radical (unpaired) electrons. The number of carbonyl (C=O) groups is 3. The zero-order valence-corrected chi connectivity index (χ0v) is 15.4. The molecule has 1 N–H and O–H groups in total. The molecule has 6 unspecified atom stereocenters. The van der Waals surface area contributed by atoms with Gasteiger partial charge in [-0.05, 0) is 62.4 Å². The van der Waals surface area contributed by atoms with Gasteiger partial charge >= 0.3 is 0 Å². The highest BCUT2D eigenvalue weighted by atomic mass is 16.3. The topological polar surface area (TPSA) is 71.4 Å². The summed E-state index contributed by atoms with van der Waals surface area (Å²) in [7, 11) is 0. The molecule has 0 aromatic heterocycles. The van der Waals surface area contributed by atoms with E-state index in [-0.39, 0.29) is 46.9 Å². The lowest BCUT2D eigenvalue weighted by atomic mass is 9.46. The Morgan fingerprint density at radius 2 is 1.88 bits per heavy atom. The van der Waals surface area contributed by atoms with E-state index in [4.69, 9.17) is 0 Å². The van der Waals surface area contributed by atoms with Crippen molar-refractivity contribution in [2.75, 3.05) is 0 Å². The van der Waals surface area contributed by atoms with Crippen molar-refractivity contribution in [2.24, 2.45) is 28.6 Å². The van der Waals surface area contributed by atoms with Crippen LogP contribution in [0.5, 0.6) is 0 Å². The van der Waals surface area contributed by atoms with Crippen molar-refractivity contribution in [3.63, 3.8) is 0 Å². The summed E-state index contributed by atoms with van der Waals surface area (Å²) in [5, 5.41) is 11.1. The molecule has 0 aliphatic heterocycles. The standard InChI is InChI=1S/C21H28O4/c1-12(22)21(25)9-7-16-15-5-4-13-10-14(23)6-8-19(13,2)18(15)17(24)11-20(16,21)3/h10,15-16,18,25H,4-9,11H2,1-3H3. The molecule has 3 saturated carbocycles. The normalized spacial score (nSPS) is 49.1. The summed E-state index contributed by atoms with van der Waals surface area (Å²) >= 11 is 0. The summed E-state index contributed by atoms with van der Waals surface area (Å²) in [6.07, 6.45) is 6.39. The van der Waals surface area contributed by atoms with E-state index in [1.165, 1.54) is 6.92 Å². The number of hydrogen-bond donors (Lipinski definition) is 1. The third-order valence-electron chi connectivity index (χ3n) is 8.39. The first-order valence-corrected chi connectivity index (χ1v) is 9.63. The van der Waals surface area contributed by atoms with E-state index in [2.05, 4.69) is 6.92 Å². The number of hydrogen-bond acceptors (Lipinski definition) is 4. The van der Waals surface area contributed by atoms with Gasteiger partial charge in [0.15, 0.2) is 11.6 Å². The van der Waals surface area contributed by atoms with Crippen LogP contribution >= 0.6 is 0 Å². The number of aliphatic hydroxyl groups is 1. The Morgan fingerprint density at radius 1 is 1.16 bits per heavy atom. The van der Waals surface area contributed by atoms with Crippen LogP contribution in [0.25, 0.3) is 0 Å². The van der Waals surface area contributed by atoms with E-state index in [1.54, 1.807) is 6.08 Å². The molecular weight excluding hydrogens is 316 g/mol. The van der Waals surface area contributed by atoms with Gasteiger partial charge < -0.3 is 5.11 Å². The fourth-order valence-corrected chi connectivity index (χ4v) is 6.97. The van der Waals surface area contributed by atoms with Crippen LogP contribution in [0.2, 0.25) is 0 Å². The lowest BCUT2D eigenvalue weighted by molar-refractivity contribution is -0.167. The average Bonchev–Trinajstić information content (AvgIpc) is 2.80. The summed E-state index contributed by atoms with van der Waals surface area (Å²) in [6.45, 7) is 5.58. The van der Waals surface area contributed by atoms with E-state index in [1.807, 2.05) is 6.92 Å². The van der Waals surface area contributed by atoms with Crippen LogP contribution < -0.4 is 0 Å². The molecule has 136 valence electrons. The van der Waals surface area contributed by atoms with Crippen molar-refractivity contribution in [3.8, 4) is 0 Å². The maximum Gasteiger partial charge on any atom is 0.161 e. The van der Waals surface area contributed by atoms with Crippen molar-refractivity contribution >= 4 is 17.3 Å². The maximum absolute atomic E-state index is 13.3. The van der Waals surface area contributed by atoms with Gasteiger partial charge in [0.1, 0.15) is 11.4 Å². The highest BCUT2D eigenvalue weighted by Crippen LogP contribution is 2.66. The lowest BCUT2D eigenvalue weighted by Gasteiger charge is -2.57. The molecule has 0 aromatic rings. The SMILES string of the molecule is CC(=O)C1(O)CCC2C3CCC4=CC(=O)CCC4(C)C3C(=O)CC21C. The van der Waals surface area contributed by atoms with Crippen LogP contribution in [0.3, 0.4) is 0 Å². The molecular formula is C21H28O4. The monoisotopic (exact) mass is 344 g/mol. The quantitative estimate of drug-likeness (QED) is 0.794. The summed E-state index contributed by atoms with van der Waals surface area (Å²) in [5.74, 6) is 0.538. The highest BCUT2D eigenvalue weighted by Gasteiger charge is 2.67. The molecule has 0 aromatic carbocycles. The van der Waals surface area contributed by atoms with Gasteiger partial charge in [-0.1, -0.05) is 19.4 Å². The number of rotatable bonds is 1. The average molecular weight is 344 g/mol. The third kappa shape index (κ3) is 2.00. The lowest BCUT2D eigenvalue weighted by Crippen LogP contribution is -2.60. The fourth-order valence-electron chi connectivity index (χ4n) is 6.97. The molecule has 6 atom stereocenters. The molecule has 0 amide bonds. The second-order valence-corrected chi connectivity index (χ2v) is 9.36. The van der Waals surface area contributed by atoms with Gasteiger partial charge in [-0.3, -0.25) is 14.4 Å². The van der Waals surface area contributed by atoms with Crippen LogP contribution in [-0.2, 0) is 14.4 Å². The van der Waals surface area contributed by atoms with Gasteiger partial charge in [0.25, 0.3) is 0 Å². The van der Waals surface area contributed by atoms with Gasteiger partial charge in [0.05, 0.1) is 0 Å². The van der Waals surface area contributed by atoms with Gasteiger partial charge in [-0.15, -0.1) is 0 Å². The van der Waals surface area contributed by atoms with Crippen LogP contribution in [0.1, 0.15) is 65.7 Å². The highest BCUT2D eigenvalue weighted by molar-refractivity contribution is 5.94. The third-order valence-corrected chi connectivity index (χ3v) is 8.39. The maximum atomic E-state index is 13.3. The second kappa shape index (κ2) is 5.12. The van der Waals surface area contributed by atoms with Crippen molar-refractivity contribution in [1.82, 2.24) is 0 Å². The van der Waals surface area contributed by atoms with Crippen molar-refractivity contribution in [3.05, 3.63) is 11.6 Å². The first-order chi connectivity index (χ1) is 11.6. The summed E-state index contributed by atoms with van der Waals surface area (Å²) < 4.78 is 0. The molecule has 4 rings (SSSR count). The Hall–Kier alpha value is -1.29. The van der Waals surface area contributed by atoms with Crippen LogP contribution in [0.15, 0.2) is 11.6 Å². The largest absolute Gasteiger partial charge is 0.381 e. The first kappa shape index (κ1) is 17.1. The number of ketones is 3. The van der Waals surface area contributed by atoms with Gasteiger partial charge in [-0.2, -0.15) is 0 Å². The molecule has 0 heterocycles. The van der Waals surface area contributed by atoms with Crippen LogP contribution in [0, 0.1) is 28.6 Å². The minimum absolute atomic E-state index is 0.0621. The number of fused-ring (bicyclic) bond motifs is 5. The van der Waals surface area contributed by atoms with Crippen molar-refractivity contribution in [1.29, 1.82) is 0 Å². The zero-order chi connectivity index (χ0) is 18.2. The van der Waals surface area contributed by atoms with Crippen molar-refractivity contribution < 1.29 is 19.5 Å². The predicted molar refractivity (Wildman–Crippen MR) is 92.7 cm³/mol. The van der Waals surface area contributed by atoms with E-state index in [9.17, 15) is 19.5 Å². The number of Topliss-reactive ketones (excluding diaryl/α,β-unsaturated/α-hetero) is 2. The van der Waals surface area contributed by atoms with E-state index in [0.29, 0.717) is 12.8 Å². The minimum atomic E-state index is -1.36. The molecule has 4 nitrogen and oxygen atoms in total. The summed E-state index contributed by atoms with van der Waals surface area (Å²) in [4.78, 5) is 37.4. The molecule has 4 heteroatoms. The fraction of sp³-hybridized carbons (Fsp3) is 0.762. The summed E-state index contributed by atoms with van der Waals surface area (Å²) in [5.41, 5.74) is -1.06. The smallest absolute Gasteiger partial charge is 0.161 e. The molecule has 25 heavy (non-hydrogen) atoms. The Morgan fingerprint density at radius 3 is 2.56 bits per heavy atom. The molecule has 3 fully saturated rings. The molecule has 4 aliphatic rings. The Bertz CT molecular complexity index is 707. The molecule has 0 saturated heterocycles.